The van der Waals surface area contributed by atoms with Crippen LogP contribution in [-0.2, 0) is 0 Å². The van der Waals surface area contributed by atoms with Gasteiger partial charge in [-0.3, -0.25) is 0 Å². The molecule has 0 unspecified atom stereocenters. The molecule has 0 aliphatic carbocycles. The number of hydrogen-bond acceptors (Lipinski definition) is 1. The average Bonchev–Trinajstić information content (AvgIpc) is 2.51. The average molecular weight is 244 g/mol. The SMILES string of the molecule is CC1(C)CN[C@@H](c2cccc(Cl)c2Cl)C1. The molecule has 1 saturated heterocycles. The fourth-order valence-corrected chi connectivity index (χ4v) is 2.55. The van der Waals surface area contributed by atoms with Crippen LogP contribution in [0.5, 0.6) is 0 Å². The monoisotopic (exact) mass is 243 g/mol. The Morgan fingerprint density at radius 2 is 2.07 bits per heavy atom. The maximum atomic E-state index is 6.19. The zero-order valence-corrected chi connectivity index (χ0v) is 10.5. The Balaban J connectivity index is 2.28. The first-order valence-corrected chi connectivity index (χ1v) is 5.92. The lowest BCUT2D eigenvalue weighted by Crippen LogP contribution is -2.16. The summed E-state index contributed by atoms with van der Waals surface area (Å²) in [7, 11) is 0. The molecule has 0 aromatic heterocycles. The van der Waals surface area contributed by atoms with Crippen molar-refractivity contribution in [1.29, 1.82) is 0 Å². The second-order valence-electron chi connectivity index (χ2n) is 4.94. The number of rotatable bonds is 1. The van der Waals surface area contributed by atoms with Crippen molar-refractivity contribution in [3.05, 3.63) is 33.8 Å². The third-order valence-corrected chi connectivity index (χ3v) is 3.77. The van der Waals surface area contributed by atoms with Gasteiger partial charge in [-0.25, -0.2) is 0 Å². The Kier molecular flexibility index (Phi) is 2.98. The minimum absolute atomic E-state index is 0.339. The van der Waals surface area contributed by atoms with E-state index in [-0.39, 0.29) is 0 Å². The predicted octanol–water partition coefficient (Wildman–Crippen LogP) is 4.05. The lowest BCUT2D eigenvalue weighted by molar-refractivity contribution is 0.403. The Morgan fingerprint density at radius 1 is 1.33 bits per heavy atom. The minimum Gasteiger partial charge on any atom is -0.309 e. The lowest BCUT2D eigenvalue weighted by atomic mass is 9.89. The maximum absolute atomic E-state index is 6.19. The summed E-state index contributed by atoms with van der Waals surface area (Å²) in [6.07, 6.45) is 1.10. The van der Waals surface area contributed by atoms with Crippen LogP contribution < -0.4 is 5.32 Å². The smallest absolute Gasteiger partial charge is 0.0640 e. The number of hydrogen-bond donors (Lipinski definition) is 1. The molecule has 1 fully saturated rings. The molecule has 1 nitrogen and oxygen atoms in total. The summed E-state index contributed by atoms with van der Waals surface area (Å²) < 4.78 is 0. The van der Waals surface area contributed by atoms with Crippen molar-refractivity contribution >= 4 is 23.2 Å². The molecule has 1 aliphatic heterocycles. The van der Waals surface area contributed by atoms with Gasteiger partial charge in [0.25, 0.3) is 0 Å². The Hall–Kier alpha value is -0.240. The molecule has 82 valence electrons. The summed E-state index contributed by atoms with van der Waals surface area (Å²) in [6.45, 7) is 5.55. The molecule has 0 saturated carbocycles. The topological polar surface area (TPSA) is 12.0 Å². The number of halogens is 2. The summed E-state index contributed by atoms with van der Waals surface area (Å²) in [4.78, 5) is 0. The first-order valence-electron chi connectivity index (χ1n) is 5.17. The van der Waals surface area contributed by atoms with Gasteiger partial charge in [0.05, 0.1) is 10.0 Å². The third kappa shape index (κ3) is 2.30. The van der Waals surface area contributed by atoms with E-state index in [4.69, 9.17) is 23.2 Å². The molecule has 3 heteroatoms. The molecule has 15 heavy (non-hydrogen) atoms. The highest BCUT2D eigenvalue weighted by atomic mass is 35.5. The molecule has 1 aromatic carbocycles. The first-order chi connectivity index (χ1) is 6.99. The van der Waals surface area contributed by atoms with Crippen LogP contribution >= 0.6 is 23.2 Å². The van der Waals surface area contributed by atoms with Crippen LogP contribution in [0.2, 0.25) is 10.0 Å². The van der Waals surface area contributed by atoms with Gasteiger partial charge in [0.2, 0.25) is 0 Å². The molecular formula is C12H15Cl2N. The summed E-state index contributed by atoms with van der Waals surface area (Å²) in [5, 5.41) is 4.82. The van der Waals surface area contributed by atoms with Crippen molar-refractivity contribution < 1.29 is 0 Å². The van der Waals surface area contributed by atoms with Crippen molar-refractivity contribution in [2.24, 2.45) is 5.41 Å². The molecule has 1 aromatic rings. The van der Waals surface area contributed by atoms with Crippen LogP contribution in [-0.4, -0.2) is 6.54 Å². The second kappa shape index (κ2) is 3.97. The molecule has 1 atom stereocenters. The predicted molar refractivity (Wildman–Crippen MR) is 65.6 cm³/mol. The van der Waals surface area contributed by atoms with E-state index in [1.165, 1.54) is 0 Å². The van der Waals surface area contributed by atoms with E-state index in [2.05, 4.69) is 19.2 Å². The van der Waals surface area contributed by atoms with E-state index < -0.39 is 0 Å². The normalized spacial score (nSPS) is 24.4. The van der Waals surface area contributed by atoms with E-state index in [0.29, 0.717) is 21.5 Å². The quantitative estimate of drug-likeness (QED) is 0.785. The van der Waals surface area contributed by atoms with Crippen molar-refractivity contribution in [2.45, 2.75) is 26.3 Å². The Morgan fingerprint density at radius 3 is 2.67 bits per heavy atom. The van der Waals surface area contributed by atoms with Gasteiger partial charge < -0.3 is 5.32 Å². The number of nitrogens with one attached hydrogen (secondary N) is 1. The van der Waals surface area contributed by atoms with Gasteiger partial charge in [0, 0.05) is 12.6 Å². The fraction of sp³-hybridized carbons (Fsp3) is 0.500. The van der Waals surface area contributed by atoms with Crippen LogP contribution in [0.1, 0.15) is 31.9 Å². The largest absolute Gasteiger partial charge is 0.309 e. The summed E-state index contributed by atoms with van der Waals surface area (Å²) in [6, 6.07) is 6.17. The van der Waals surface area contributed by atoms with Crippen LogP contribution in [0, 0.1) is 5.41 Å². The zero-order valence-electron chi connectivity index (χ0n) is 8.98. The maximum Gasteiger partial charge on any atom is 0.0640 e. The molecule has 0 radical (unpaired) electrons. The molecule has 1 aliphatic rings. The van der Waals surface area contributed by atoms with Crippen molar-refractivity contribution in [2.75, 3.05) is 6.54 Å². The van der Waals surface area contributed by atoms with E-state index in [9.17, 15) is 0 Å². The summed E-state index contributed by atoms with van der Waals surface area (Å²) >= 11 is 12.2. The van der Waals surface area contributed by atoms with E-state index in [1.54, 1.807) is 0 Å². The van der Waals surface area contributed by atoms with Gasteiger partial charge >= 0.3 is 0 Å². The molecular weight excluding hydrogens is 229 g/mol. The Bertz CT molecular complexity index is 374. The van der Waals surface area contributed by atoms with E-state index >= 15 is 0 Å². The van der Waals surface area contributed by atoms with Crippen LogP contribution in [0.25, 0.3) is 0 Å². The molecule has 0 amide bonds. The van der Waals surface area contributed by atoms with Gasteiger partial charge in [-0.1, -0.05) is 49.2 Å². The highest BCUT2D eigenvalue weighted by molar-refractivity contribution is 6.42. The van der Waals surface area contributed by atoms with Crippen LogP contribution in [0.4, 0.5) is 0 Å². The molecule has 1 heterocycles. The van der Waals surface area contributed by atoms with Gasteiger partial charge in [0.15, 0.2) is 0 Å². The van der Waals surface area contributed by atoms with Crippen molar-refractivity contribution in [3.8, 4) is 0 Å². The Labute approximate surface area is 101 Å². The van der Waals surface area contributed by atoms with Gasteiger partial charge in [0.1, 0.15) is 0 Å². The van der Waals surface area contributed by atoms with Crippen molar-refractivity contribution in [1.82, 2.24) is 5.32 Å². The molecule has 2 rings (SSSR count). The summed E-state index contributed by atoms with van der Waals surface area (Å²) in [5.41, 5.74) is 1.46. The van der Waals surface area contributed by atoms with E-state index in [1.807, 2.05) is 18.2 Å². The first kappa shape index (κ1) is 11.3. The van der Waals surface area contributed by atoms with Crippen LogP contribution in [0.3, 0.4) is 0 Å². The molecule has 0 spiro atoms. The standard InChI is InChI=1S/C12H15Cl2N/c1-12(2)6-10(15-7-12)8-4-3-5-9(13)11(8)14/h3-5,10,15H,6-7H2,1-2H3/t10-/m1/s1. The highest BCUT2D eigenvalue weighted by Gasteiger charge is 2.32. The minimum atomic E-state index is 0.339. The van der Waals surface area contributed by atoms with Crippen molar-refractivity contribution in [3.63, 3.8) is 0 Å². The van der Waals surface area contributed by atoms with E-state index in [0.717, 1.165) is 18.5 Å². The van der Waals surface area contributed by atoms with Gasteiger partial charge in [-0.15, -0.1) is 0 Å². The highest BCUT2D eigenvalue weighted by Crippen LogP contribution is 2.39. The summed E-state index contributed by atoms with van der Waals surface area (Å²) in [5.74, 6) is 0. The molecule has 1 N–H and O–H groups in total. The fourth-order valence-electron chi connectivity index (χ4n) is 2.11. The second-order valence-corrected chi connectivity index (χ2v) is 5.73. The van der Waals surface area contributed by atoms with Gasteiger partial charge in [-0.05, 0) is 23.5 Å². The zero-order chi connectivity index (χ0) is 11.1. The van der Waals surface area contributed by atoms with Gasteiger partial charge in [-0.2, -0.15) is 0 Å². The lowest BCUT2D eigenvalue weighted by Gasteiger charge is -2.16. The molecule has 0 bridgehead atoms. The third-order valence-electron chi connectivity index (χ3n) is 2.94. The van der Waals surface area contributed by atoms with Crippen LogP contribution in [0.15, 0.2) is 18.2 Å². The number of benzene rings is 1.